The minimum absolute atomic E-state index is 0.0963. The molecular weight excluding hydrogens is 378 g/mol. The Bertz CT molecular complexity index is 947. The van der Waals surface area contributed by atoms with Crippen molar-refractivity contribution in [3.63, 3.8) is 0 Å². The van der Waals surface area contributed by atoms with Crippen molar-refractivity contribution in [2.75, 3.05) is 13.1 Å². The zero-order chi connectivity index (χ0) is 20.8. The van der Waals surface area contributed by atoms with Gasteiger partial charge in [-0.1, -0.05) is 0 Å². The number of ether oxygens (including phenoxy) is 1. The maximum atomic E-state index is 12.3. The molecule has 1 fully saturated rings. The molecule has 1 amide bonds. The summed E-state index contributed by atoms with van der Waals surface area (Å²) in [5.41, 5.74) is 1.65. The number of carbonyl (C=O) groups is 1. The van der Waals surface area contributed by atoms with Gasteiger partial charge >= 0.3 is 0 Å². The topological polar surface area (TPSA) is 72.3 Å². The Balaban J connectivity index is 1.23. The molecule has 1 aromatic carbocycles. The molecule has 1 aliphatic heterocycles. The van der Waals surface area contributed by atoms with Crippen LogP contribution in [-0.4, -0.2) is 44.5 Å². The number of pyridine rings is 1. The Kier molecular flexibility index (Phi) is 6.39. The number of imidazole rings is 1. The zero-order valence-corrected chi connectivity index (χ0v) is 17.2. The van der Waals surface area contributed by atoms with Crippen LogP contribution in [0.5, 0.6) is 5.75 Å². The van der Waals surface area contributed by atoms with Crippen molar-refractivity contribution >= 4 is 5.91 Å². The number of rotatable bonds is 7. The molecule has 3 aromatic rings. The van der Waals surface area contributed by atoms with Crippen LogP contribution < -0.4 is 10.1 Å². The number of nitrogens with one attached hydrogen (secondary N) is 1. The highest BCUT2D eigenvalue weighted by Crippen LogP contribution is 2.20. The van der Waals surface area contributed by atoms with Crippen molar-refractivity contribution in [2.45, 2.75) is 32.0 Å². The van der Waals surface area contributed by atoms with E-state index in [-0.39, 0.29) is 12.0 Å². The van der Waals surface area contributed by atoms with Crippen molar-refractivity contribution in [1.29, 1.82) is 0 Å². The van der Waals surface area contributed by atoms with E-state index in [0.717, 1.165) is 49.6 Å². The quantitative estimate of drug-likeness (QED) is 0.654. The largest absolute Gasteiger partial charge is 0.490 e. The molecule has 2 aromatic heterocycles. The summed E-state index contributed by atoms with van der Waals surface area (Å²) in [6.07, 6.45) is 9.43. The summed E-state index contributed by atoms with van der Waals surface area (Å²) in [5, 5.41) is 2.92. The highest BCUT2D eigenvalue weighted by atomic mass is 16.5. The number of amides is 1. The van der Waals surface area contributed by atoms with Gasteiger partial charge in [-0.3, -0.25) is 14.7 Å². The van der Waals surface area contributed by atoms with Gasteiger partial charge in [-0.05, 0) is 54.8 Å². The van der Waals surface area contributed by atoms with Crippen molar-refractivity contribution in [1.82, 2.24) is 24.8 Å². The first-order chi connectivity index (χ1) is 14.7. The van der Waals surface area contributed by atoms with Gasteiger partial charge in [0.05, 0.1) is 6.54 Å². The van der Waals surface area contributed by atoms with Crippen molar-refractivity contribution < 1.29 is 9.53 Å². The second-order valence-electron chi connectivity index (χ2n) is 7.61. The zero-order valence-electron chi connectivity index (χ0n) is 17.2. The van der Waals surface area contributed by atoms with Crippen LogP contribution in [0.4, 0.5) is 0 Å². The summed E-state index contributed by atoms with van der Waals surface area (Å²) >= 11 is 0. The molecule has 0 spiro atoms. The lowest BCUT2D eigenvalue weighted by molar-refractivity contribution is 0.0942. The summed E-state index contributed by atoms with van der Waals surface area (Å²) in [6.45, 7) is 3.34. The molecule has 0 unspecified atom stereocenters. The Morgan fingerprint density at radius 2 is 1.83 bits per heavy atom. The van der Waals surface area contributed by atoms with Crippen LogP contribution in [0.3, 0.4) is 0 Å². The van der Waals surface area contributed by atoms with E-state index >= 15 is 0 Å². The summed E-state index contributed by atoms with van der Waals surface area (Å²) in [4.78, 5) is 23.1. The van der Waals surface area contributed by atoms with Gasteiger partial charge in [-0.15, -0.1) is 0 Å². The molecule has 0 bridgehead atoms. The first-order valence-electron chi connectivity index (χ1n) is 10.3. The third kappa shape index (κ3) is 5.24. The number of nitrogens with zero attached hydrogens (tertiary/aromatic N) is 4. The molecule has 1 saturated heterocycles. The van der Waals surface area contributed by atoms with E-state index in [0.29, 0.717) is 12.1 Å². The molecule has 4 rings (SSSR count). The molecule has 156 valence electrons. The summed E-state index contributed by atoms with van der Waals surface area (Å²) in [5.74, 6) is 1.80. The number of aromatic nitrogens is 3. The van der Waals surface area contributed by atoms with Gasteiger partial charge < -0.3 is 14.6 Å². The summed E-state index contributed by atoms with van der Waals surface area (Å²) in [6, 6.07) is 11.2. The minimum Gasteiger partial charge on any atom is -0.490 e. The standard InChI is InChI=1S/C23H27N5O2/c1-27-15-12-25-22(27)17-28-13-8-21(9-14-28)30-20-4-2-19(3-5-20)23(29)26-16-18-6-10-24-11-7-18/h2-7,10-12,15,21H,8-9,13-14,16-17H2,1H3,(H,26,29). The molecule has 0 atom stereocenters. The number of likely N-dealkylation sites (tertiary alicyclic amines) is 1. The number of piperidine rings is 1. The predicted octanol–water partition coefficient (Wildman–Crippen LogP) is 2.79. The lowest BCUT2D eigenvalue weighted by atomic mass is 10.1. The van der Waals surface area contributed by atoms with Gasteiger partial charge in [0.15, 0.2) is 0 Å². The second kappa shape index (κ2) is 9.54. The van der Waals surface area contributed by atoms with E-state index in [4.69, 9.17) is 4.74 Å². The number of hydrogen-bond donors (Lipinski definition) is 1. The van der Waals surface area contributed by atoms with E-state index in [1.54, 1.807) is 12.4 Å². The number of carbonyl (C=O) groups excluding carboxylic acids is 1. The Labute approximate surface area is 176 Å². The first-order valence-corrected chi connectivity index (χ1v) is 10.3. The summed E-state index contributed by atoms with van der Waals surface area (Å²) in [7, 11) is 2.03. The van der Waals surface area contributed by atoms with E-state index in [1.165, 1.54) is 0 Å². The maximum Gasteiger partial charge on any atom is 0.251 e. The molecule has 30 heavy (non-hydrogen) atoms. The van der Waals surface area contributed by atoms with Gasteiger partial charge in [-0.25, -0.2) is 4.98 Å². The third-order valence-electron chi connectivity index (χ3n) is 5.44. The van der Waals surface area contributed by atoms with E-state index in [2.05, 4.69) is 24.8 Å². The molecule has 0 radical (unpaired) electrons. The molecule has 0 saturated carbocycles. The lowest BCUT2D eigenvalue weighted by Gasteiger charge is -2.31. The smallest absolute Gasteiger partial charge is 0.251 e. The van der Waals surface area contributed by atoms with E-state index < -0.39 is 0 Å². The van der Waals surface area contributed by atoms with E-state index in [9.17, 15) is 4.79 Å². The van der Waals surface area contributed by atoms with E-state index in [1.807, 2.05) is 55.8 Å². The average Bonchev–Trinajstić information content (AvgIpc) is 3.19. The molecule has 7 heteroatoms. The normalized spacial score (nSPS) is 15.1. The van der Waals surface area contributed by atoms with Gasteiger partial charge in [0, 0.05) is 57.0 Å². The SMILES string of the molecule is Cn1ccnc1CN1CCC(Oc2ccc(C(=O)NCc3ccncc3)cc2)CC1. The Hall–Kier alpha value is -3.19. The molecule has 7 nitrogen and oxygen atoms in total. The lowest BCUT2D eigenvalue weighted by Crippen LogP contribution is -2.38. The van der Waals surface area contributed by atoms with Gasteiger partial charge in [0.2, 0.25) is 0 Å². The molecule has 1 aliphatic rings. The summed E-state index contributed by atoms with van der Waals surface area (Å²) < 4.78 is 8.21. The fourth-order valence-corrected chi connectivity index (χ4v) is 3.60. The number of aryl methyl sites for hydroxylation is 1. The van der Waals surface area contributed by atoms with Gasteiger partial charge in [-0.2, -0.15) is 0 Å². The van der Waals surface area contributed by atoms with Crippen LogP contribution in [0.15, 0.2) is 61.2 Å². The van der Waals surface area contributed by atoms with Gasteiger partial charge in [0.1, 0.15) is 17.7 Å². The monoisotopic (exact) mass is 405 g/mol. The molecular formula is C23H27N5O2. The van der Waals surface area contributed by atoms with Crippen LogP contribution in [0.1, 0.15) is 34.6 Å². The van der Waals surface area contributed by atoms with Crippen LogP contribution in [0, 0.1) is 0 Å². The maximum absolute atomic E-state index is 12.3. The minimum atomic E-state index is -0.0963. The van der Waals surface area contributed by atoms with Crippen LogP contribution >= 0.6 is 0 Å². The Morgan fingerprint density at radius 1 is 1.10 bits per heavy atom. The molecule has 3 heterocycles. The van der Waals surface area contributed by atoms with Crippen molar-refractivity contribution in [2.24, 2.45) is 7.05 Å². The average molecular weight is 406 g/mol. The highest BCUT2D eigenvalue weighted by molar-refractivity contribution is 5.94. The first kappa shape index (κ1) is 20.1. The van der Waals surface area contributed by atoms with Crippen LogP contribution in [0.25, 0.3) is 0 Å². The Morgan fingerprint density at radius 3 is 2.50 bits per heavy atom. The number of hydrogen-bond acceptors (Lipinski definition) is 5. The second-order valence-corrected chi connectivity index (χ2v) is 7.61. The molecule has 0 aliphatic carbocycles. The van der Waals surface area contributed by atoms with Crippen molar-refractivity contribution in [3.8, 4) is 5.75 Å². The fraction of sp³-hybridized carbons (Fsp3) is 0.348. The number of benzene rings is 1. The van der Waals surface area contributed by atoms with Gasteiger partial charge in [0.25, 0.3) is 5.91 Å². The third-order valence-corrected chi connectivity index (χ3v) is 5.44. The van der Waals surface area contributed by atoms with Crippen LogP contribution in [-0.2, 0) is 20.1 Å². The van der Waals surface area contributed by atoms with Crippen LogP contribution in [0.2, 0.25) is 0 Å². The highest BCUT2D eigenvalue weighted by Gasteiger charge is 2.21. The fourth-order valence-electron chi connectivity index (χ4n) is 3.60. The van der Waals surface area contributed by atoms with Crippen molar-refractivity contribution in [3.05, 3.63) is 78.1 Å². The predicted molar refractivity (Wildman–Crippen MR) is 114 cm³/mol. The molecule has 1 N–H and O–H groups in total.